The molecule has 0 saturated carbocycles. The Hall–Kier alpha value is -2.12. The predicted molar refractivity (Wildman–Crippen MR) is 111 cm³/mol. The van der Waals surface area contributed by atoms with Crippen LogP contribution in [0.2, 0.25) is 5.02 Å². The Morgan fingerprint density at radius 2 is 1.87 bits per heavy atom. The van der Waals surface area contributed by atoms with Crippen LogP contribution in [0.15, 0.2) is 47.4 Å². The highest BCUT2D eigenvalue weighted by molar-refractivity contribution is 7.89. The molecule has 0 spiro atoms. The number of benzene rings is 2. The second kappa shape index (κ2) is 9.17. The van der Waals surface area contributed by atoms with Crippen molar-refractivity contribution in [2.24, 2.45) is 0 Å². The molecule has 1 aliphatic rings. The lowest BCUT2D eigenvalue weighted by molar-refractivity contribution is -0.137. The summed E-state index contributed by atoms with van der Waals surface area (Å²) in [5, 5.41) is 9.03. The maximum absolute atomic E-state index is 12.9. The molecule has 0 unspecified atom stereocenters. The van der Waals surface area contributed by atoms with Crippen molar-refractivity contribution in [1.82, 2.24) is 9.21 Å². The molecule has 10 heteroatoms. The lowest BCUT2D eigenvalue weighted by atomic mass is 10.0. The van der Waals surface area contributed by atoms with Crippen LogP contribution in [0.3, 0.4) is 0 Å². The van der Waals surface area contributed by atoms with Gasteiger partial charge in [0.15, 0.2) is 0 Å². The van der Waals surface area contributed by atoms with Gasteiger partial charge in [0.1, 0.15) is 6.07 Å². The highest BCUT2D eigenvalue weighted by Gasteiger charge is 2.32. The first kappa shape index (κ1) is 23.5. The van der Waals surface area contributed by atoms with Crippen molar-refractivity contribution >= 4 is 21.6 Å². The SMILES string of the molecule is CN(Cc1cccc(C(F)(F)F)c1)C1CCN(S(=O)(=O)c2ccc(C#N)c(Cl)c2)CC1. The second-order valence-electron chi connectivity index (χ2n) is 7.50. The Morgan fingerprint density at radius 3 is 2.45 bits per heavy atom. The Morgan fingerprint density at radius 1 is 1.19 bits per heavy atom. The topological polar surface area (TPSA) is 64.4 Å². The maximum atomic E-state index is 12.9. The van der Waals surface area contributed by atoms with Crippen molar-refractivity contribution in [3.8, 4) is 6.07 Å². The Balaban J connectivity index is 1.64. The van der Waals surface area contributed by atoms with Gasteiger partial charge in [-0.2, -0.15) is 22.7 Å². The number of piperidine rings is 1. The highest BCUT2D eigenvalue weighted by atomic mass is 35.5. The van der Waals surface area contributed by atoms with Crippen LogP contribution >= 0.6 is 11.6 Å². The second-order valence-corrected chi connectivity index (χ2v) is 9.85. The molecule has 3 rings (SSSR count). The number of nitriles is 1. The van der Waals surface area contributed by atoms with Gasteiger partial charge in [0.25, 0.3) is 0 Å². The van der Waals surface area contributed by atoms with Crippen LogP contribution in [0.5, 0.6) is 0 Å². The summed E-state index contributed by atoms with van der Waals surface area (Å²) in [5.74, 6) is 0. The van der Waals surface area contributed by atoms with Crippen LogP contribution < -0.4 is 0 Å². The third-order valence-electron chi connectivity index (χ3n) is 5.43. The van der Waals surface area contributed by atoms with E-state index in [0.717, 1.165) is 12.1 Å². The van der Waals surface area contributed by atoms with Crippen molar-refractivity contribution in [3.63, 3.8) is 0 Å². The molecule has 2 aromatic carbocycles. The molecular weight excluding hydrogens is 451 g/mol. The number of sulfonamides is 1. The monoisotopic (exact) mass is 471 g/mol. The summed E-state index contributed by atoms with van der Waals surface area (Å²) in [6.07, 6.45) is -3.28. The maximum Gasteiger partial charge on any atom is 0.416 e. The smallest absolute Gasteiger partial charge is 0.299 e. The van der Waals surface area contributed by atoms with Crippen molar-refractivity contribution in [1.29, 1.82) is 5.26 Å². The van der Waals surface area contributed by atoms with E-state index in [4.69, 9.17) is 16.9 Å². The van der Waals surface area contributed by atoms with Gasteiger partial charge in [0, 0.05) is 25.7 Å². The minimum absolute atomic E-state index is 0.0345. The van der Waals surface area contributed by atoms with Gasteiger partial charge in [0.2, 0.25) is 10.0 Å². The summed E-state index contributed by atoms with van der Waals surface area (Å²) in [6, 6.07) is 11.2. The fourth-order valence-electron chi connectivity index (χ4n) is 3.68. The average molecular weight is 472 g/mol. The lowest BCUT2D eigenvalue weighted by Gasteiger charge is -2.36. The molecule has 31 heavy (non-hydrogen) atoms. The number of alkyl halides is 3. The summed E-state index contributed by atoms with van der Waals surface area (Å²) in [4.78, 5) is 1.99. The standard InChI is InChI=1S/C21H21ClF3N3O2S/c1-27(14-15-3-2-4-17(11-15)21(23,24)25)18-7-9-28(10-8-18)31(29,30)19-6-5-16(13-26)20(22)12-19/h2-6,11-12,18H,7-10,14H2,1H3. The summed E-state index contributed by atoms with van der Waals surface area (Å²) in [6.45, 7) is 0.918. The average Bonchev–Trinajstić information content (AvgIpc) is 2.73. The molecule has 166 valence electrons. The summed E-state index contributed by atoms with van der Waals surface area (Å²) < 4.78 is 65.9. The zero-order chi connectivity index (χ0) is 22.8. The fraction of sp³-hybridized carbons (Fsp3) is 0.381. The zero-order valence-electron chi connectivity index (χ0n) is 16.7. The number of hydrogen-bond acceptors (Lipinski definition) is 4. The molecular formula is C21H21ClF3N3O2S. The van der Waals surface area contributed by atoms with Crippen LogP contribution in [-0.4, -0.2) is 43.8 Å². The van der Waals surface area contributed by atoms with Crippen molar-refractivity contribution in [2.75, 3.05) is 20.1 Å². The van der Waals surface area contributed by atoms with E-state index in [2.05, 4.69) is 0 Å². The van der Waals surface area contributed by atoms with Gasteiger partial charge < -0.3 is 0 Å². The third kappa shape index (κ3) is 5.39. The van der Waals surface area contributed by atoms with E-state index in [9.17, 15) is 21.6 Å². The minimum Gasteiger partial charge on any atom is -0.299 e. The molecule has 0 N–H and O–H groups in total. The number of rotatable bonds is 5. The Bertz CT molecular complexity index is 1090. The van der Waals surface area contributed by atoms with Gasteiger partial charge in [-0.15, -0.1) is 0 Å². The largest absolute Gasteiger partial charge is 0.416 e. The first-order valence-electron chi connectivity index (χ1n) is 9.58. The van der Waals surface area contributed by atoms with E-state index in [0.29, 0.717) is 24.9 Å². The molecule has 2 aromatic rings. The first-order chi connectivity index (χ1) is 14.5. The van der Waals surface area contributed by atoms with Gasteiger partial charge in [-0.25, -0.2) is 8.42 Å². The summed E-state index contributed by atoms with van der Waals surface area (Å²) >= 11 is 5.97. The fourth-order valence-corrected chi connectivity index (χ4v) is 5.47. The quantitative estimate of drug-likeness (QED) is 0.643. The van der Waals surface area contributed by atoms with Crippen LogP contribution in [0.1, 0.15) is 29.5 Å². The lowest BCUT2D eigenvalue weighted by Crippen LogP contribution is -2.45. The van der Waals surface area contributed by atoms with E-state index in [-0.39, 0.29) is 34.6 Å². The number of halogens is 4. The molecule has 1 saturated heterocycles. The van der Waals surface area contributed by atoms with Gasteiger partial charge in [-0.3, -0.25) is 4.90 Å². The molecule has 1 aliphatic heterocycles. The molecule has 0 amide bonds. The Labute approximate surface area is 184 Å². The molecule has 0 atom stereocenters. The van der Waals surface area contributed by atoms with Gasteiger partial charge in [-0.05, 0) is 49.7 Å². The van der Waals surface area contributed by atoms with Crippen molar-refractivity contribution in [2.45, 2.75) is 36.5 Å². The van der Waals surface area contributed by atoms with E-state index in [1.807, 2.05) is 18.0 Å². The molecule has 0 radical (unpaired) electrons. The molecule has 1 heterocycles. The summed E-state index contributed by atoms with van der Waals surface area (Å²) in [7, 11) is -1.91. The highest BCUT2D eigenvalue weighted by Crippen LogP contribution is 2.30. The van der Waals surface area contributed by atoms with Gasteiger partial charge >= 0.3 is 6.18 Å². The van der Waals surface area contributed by atoms with Crippen molar-refractivity contribution in [3.05, 3.63) is 64.2 Å². The molecule has 0 bridgehead atoms. The number of hydrogen-bond donors (Lipinski definition) is 0. The van der Waals surface area contributed by atoms with E-state index in [1.54, 1.807) is 6.07 Å². The van der Waals surface area contributed by atoms with Crippen molar-refractivity contribution < 1.29 is 21.6 Å². The van der Waals surface area contributed by atoms with Crippen LogP contribution in [0.4, 0.5) is 13.2 Å². The van der Waals surface area contributed by atoms with Gasteiger partial charge in [0.05, 0.1) is 21.0 Å². The molecule has 0 aromatic heterocycles. The first-order valence-corrected chi connectivity index (χ1v) is 11.4. The van der Waals surface area contributed by atoms with E-state index >= 15 is 0 Å². The molecule has 1 fully saturated rings. The third-order valence-corrected chi connectivity index (χ3v) is 7.64. The van der Waals surface area contributed by atoms with Crippen LogP contribution in [0, 0.1) is 11.3 Å². The van der Waals surface area contributed by atoms with Gasteiger partial charge in [-0.1, -0.05) is 29.8 Å². The zero-order valence-corrected chi connectivity index (χ0v) is 18.3. The Kier molecular flexibility index (Phi) is 6.96. The van der Waals surface area contributed by atoms with Crippen LogP contribution in [0.25, 0.3) is 0 Å². The molecule has 0 aliphatic carbocycles. The molecule has 5 nitrogen and oxygen atoms in total. The van der Waals surface area contributed by atoms with E-state index < -0.39 is 21.8 Å². The normalized spacial score (nSPS) is 16.4. The minimum atomic E-state index is -4.39. The van der Waals surface area contributed by atoms with Crippen LogP contribution in [-0.2, 0) is 22.7 Å². The number of nitrogens with zero attached hydrogens (tertiary/aromatic N) is 3. The predicted octanol–water partition coefficient (Wildman–Crippen LogP) is 4.52. The van der Waals surface area contributed by atoms with E-state index in [1.165, 1.54) is 28.6 Å². The summed E-state index contributed by atoms with van der Waals surface area (Å²) in [5.41, 5.74) is 0.0792.